The molecule has 1 rings (SSSR count). The van der Waals surface area contributed by atoms with E-state index in [-0.39, 0.29) is 5.71 Å². The van der Waals surface area contributed by atoms with E-state index < -0.39 is 5.97 Å². The summed E-state index contributed by atoms with van der Waals surface area (Å²) in [6, 6.07) is 8.21. The molecule has 62 valence electrons. The Morgan fingerprint density at radius 1 is 1.25 bits per heavy atom. The Morgan fingerprint density at radius 2 is 1.83 bits per heavy atom. The summed E-state index contributed by atoms with van der Waals surface area (Å²) in [5.41, 5.74) is 0.0306. The summed E-state index contributed by atoms with van der Waals surface area (Å²) in [7, 11) is 0. The molecule has 0 aliphatic heterocycles. The Labute approximate surface area is 68.8 Å². The molecular weight excluding hydrogens is 158 g/mol. The van der Waals surface area contributed by atoms with Gasteiger partial charge in [-0.1, -0.05) is 35.5 Å². The molecule has 0 atom stereocenters. The van der Waals surface area contributed by atoms with E-state index in [0.717, 1.165) is 0 Å². The molecule has 0 radical (unpaired) electrons. The number of hydrogen-bond donors (Lipinski definition) is 2. The molecule has 0 saturated heterocycles. The molecule has 0 bridgehead atoms. The first kappa shape index (κ1) is 8.26. The van der Waals surface area contributed by atoms with Gasteiger partial charge < -0.3 is 10.3 Å². The van der Waals surface area contributed by atoms with Crippen LogP contribution in [0.4, 0.5) is 0 Å². The number of carboxylic acids is 1. The minimum absolute atomic E-state index is 0.351. The zero-order valence-corrected chi connectivity index (χ0v) is 6.14. The average Bonchev–Trinajstić information content (AvgIpc) is 2.07. The van der Waals surface area contributed by atoms with E-state index in [9.17, 15) is 4.79 Å². The summed E-state index contributed by atoms with van der Waals surface area (Å²) in [5.74, 6) is -1.25. The second kappa shape index (κ2) is 3.52. The third-order valence-corrected chi connectivity index (χ3v) is 1.35. The van der Waals surface area contributed by atoms with Crippen LogP contribution in [-0.4, -0.2) is 22.0 Å². The van der Waals surface area contributed by atoms with Crippen LogP contribution in [-0.2, 0) is 4.79 Å². The highest BCUT2D eigenvalue weighted by Gasteiger charge is 2.11. The molecule has 12 heavy (non-hydrogen) atoms. The van der Waals surface area contributed by atoms with Crippen LogP contribution >= 0.6 is 0 Å². The van der Waals surface area contributed by atoms with Crippen molar-refractivity contribution in [1.82, 2.24) is 0 Å². The van der Waals surface area contributed by atoms with Crippen molar-refractivity contribution in [2.75, 3.05) is 0 Å². The summed E-state index contributed by atoms with van der Waals surface area (Å²) in [6.45, 7) is 0. The van der Waals surface area contributed by atoms with E-state index in [2.05, 4.69) is 5.16 Å². The fourth-order valence-corrected chi connectivity index (χ4v) is 0.820. The van der Waals surface area contributed by atoms with Gasteiger partial charge >= 0.3 is 5.97 Å². The molecule has 0 saturated carbocycles. The van der Waals surface area contributed by atoms with E-state index in [4.69, 9.17) is 10.3 Å². The Morgan fingerprint density at radius 3 is 2.25 bits per heavy atom. The van der Waals surface area contributed by atoms with Gasteiger partial charge in [-0.25, -0.2) is 4.79 Å². The summed E-state index contributed by atoms with van der Waals surface area (Å²) >= 11 is 0. The van der Waals surface area contributed by atoms with Crippen LogP contribution in [0, 0.1) is 0 Å². The molecule has 4 nitrogen and oxygen atoms in total. The van der Waals surface area contributed by atoms with Gasteiger partial charge in [-0.2, -0.15) is 0 Å². The highest BCUT2D eigenvalue weighted by atomic mass is 16.4. The third kappa shape index (κ3) is 1.60. The fraction of sp³-hybridized carbons (Fsp3) is 0. The number of rotatable bonds is 2. The fourth-order valence-electron chi connectivity index (χ4n) is 0.820. The van der Waals surface area contributed by atoms with Gasteiger partial charge in [-0.15, -0.1) is 0 Å². The number of carbonyl (C=O) groups is 1. The summed E-state index contributed by atoms with van der Waals surface area (Å²) in [6.07, 6.45) is 0. The molecule has 0 aromatic heterocycles. The van der Waals surface area contributed by atoms with Crippen molar-refractivity contribution >= 4 is 11.7 Å². The second-order valence-electron chi connectivity index (χ2n) is 2.12. The van der Waals surface area contributed by atoms with Crippen molar-refractivity contribution in [3.8, 4) is 0 Å². The van der Waals surface area contributed by atoms with Crippen LogP contribution < -0.4 is 0 Å². The molecule has 2 N–H and O–H groups in total. The van der Waals surface area contributed by atoms with Crippen LogP contribution in [0.1, 0.15) is 5.56 Å². The number of benzene rings is 1. The number of carboxylic acid groups (broad SMARTS) is 1. The van der Waals surface area contributed by atoms with Gasteiger partial charge in [0.15, 0.2) is 5.71 Å². The zero-order chi connectivity index (χ0) is 8.97. The number of hydrogen-bond acceptors (Lipinski definition) is 3. The number of oxime groups is 1. The quantitative estimate of drug-likeness (QED) is 0.389. The predicted octanol–water partition coefficient (Wildman–Crippen LogP) is 0.950. The topological polar surface area (TPSA) is 69.9 Å². The van der Waals surface area contributed by atoms with Gasteiger partial charge in [-0.05, 0) is 0 Å². The SMILES string of the molecule is O=C(O)C(=NO)c1ccccc1. The van der Waals surface area contributed by atoms with E-state index in [1.165, 1.54) is 0 Å². The minimum atomic E-state index is -1.25. The molecule has 1 aromatic carbocycles. The molecule has 0 amide bonds. The lowest BCUT2D eigenvalue weighted by Gasteiger charge is -1.96. The van der Waals surface area contributed by atoms with Gasteiger partial charge in [0, 0.05) is 5.56 Å². The Kier molecular flexibility index (Phi) is 2.42. The maximum Gasteiger partial charge on any atom is 0.358 e. The van der Waals surface area contributed by atoms with E-state index in [1.807, 2.05) is 0 Å². The first-order valence-corrected chi connectivity index (χ1v) is 3.26. The van der Waals surface area contributed by atoms with Crippen LogP contribution in [0.3, 0.4) is 0 Å². The largest absolute Gasteiger partial charge is 0.476 e. The first-order chi connectivity index (χ1) is 5.75. The van der Waals surface area contributed by atoms with Gasteiger partial charge in [0.25, 0.3) is 0 Å². The smallest absolute Gasteiger partial charge is 0.358 e. The number of nitrogens with zero attached hydrogens (tertiary/aromatic N) is 1. The van der Waals surface area contributed by atoms with Crippen LogP contribution in [0.2, 0.25) is 0 Å². The number of aliphatic carboxylic acids is 1. The lowest BCUT2D eigenvalue weighted by Crippen LogP contribution is -2.13. The molecule has 0 unspecified atom stereocenters. The van der Waals surface area contributed by atoms with Crippen molar-refractivity contribution in [2.45, 2.75) is 0 Å². The van der Waals surface area contributed by atoms with Crippen molar-refractivity contribution in [2.24, 2.45) is 5.16 Å². The molecule has 0 aliphatic carbocycles. The normalized spacial score (nSPS) is 11.2. The lowest BCUT2D eigenvalue weighted by atomic mass is 10.1. The van der Waals surface area contributed by atoms with Gasteiger partial charge in [0.2, 0.25) is 0 Å². The van der Waals surface area contributed by atoms with Crippen LogP contribution in [0.5, 0.6) is 0 Å². The Balaban J connectivity index is 3.05. The predicted molar refractivity (Wildman–Crippen MR) is 42.4 cm³/mol. The first-order valence-electron chi connectivity index (χ1n) is 3.26. The molecule has 4 heteroatoms. The molecule has 0 fully saturated rings. The monoisotopic (exact) mass is 165 g/mol. The summed E-state index contributed by atoms with van der Waals surface area (Å²) < 4.78 is 0. The van der Waals surface area contributed by atoms with E-state index in [0.29, 0.717) is 5.56 Å². The van der Waals surface area contributed by atoms with Gasteiger partial charge in [-0.3, -0.25) is 0 Å². The van der Waals surface area contributed by atoms with Crippen molar-refractivity contribution in [1.29, 1.82) is 0 Å². The lowest BCUT2D eigenvalue weighted by molar-refractivity contribution is -0.129. The van der Waals surface area contributed by atoms with Crippen LogP contribution in [0.15, 0.2) is 35.5 Å². The van der Waals surface area contributed by atoms with Crippen LogP contribution in [0.25, 0.3) is 0 Å². The van der Waals surface area contributed by atoms with E-state index >= 15 is 0 Å². The highest BCUT2D eigenvalue weighted by molar-refractivity contribution is 6.42. The van der Waals surface area contributed by atoms with Crippen molar-refractivity contribution in [3.63, 3.8) is 0 Å². The maximum atomic E-state index is 10.4. The summed E-state index contributed by atoms with van der Waals surface area (Å²) in [5, 5.41) is 19.6. The molecule has 0 heterocycles. The Bertz CT molecular complexity index is 305. The second-order valence-corrected chi connectivity index (χ2v) is 2.12. The molecule has 0 aliphatic rings. The van der Waals surface area contributed by atoms with Crippen molar-refractivity contribution < 1.29 is 15.1 Å². The Hall–Kier alpha value is -1.84. The van der Waals surface area contributed by atoms with Gasteiger partial charge in [0.05, 0.1) is 0 Å². The highest BCUT2D eigenvalue weighted by Crippen LogP contribution is 2.00. The minimum Gasteiger partial charge on any atom is -0.476 e. The van der Waals surface area contributed by atoms with Gasteiger partial charge in [0.1, 0.15) is 0 Å². The zero-order valence-electron chi connectivity index (χ0n) is 6.14. The molecular formula is C8H7NO3. The van der Waals surface area contributed by atoms with E-state index in [1.54, 1.807) is 30.3 Å². The maximum absolute atomic E-state index is 10.4. The molecule has 0 spiro atoms. The standard InChI is InChI=1S/C8H7NO3/c10-8(11)7(9-12)6-4-2-1-3-5-6/h1-5,12H,(H,10,11). The third-order valence-electron chi connectivity index (χ3n) is 1.35. The average molecular weight is 165 g/mol. The summed E-state index contributed by atoms with van der Waals surface area (Å²) in [4.78, 5) is 10.4. The van der Waals surface area contributed by atoms with Crippen molar-refractivity contribution in [3.05, 3.63) is 35.9 Å². The molecule has 1 aromatic rings.